The van der Waals surface area contributed by atoms with E-state index in [1.54, 1.807) is 13.0 Å². The molecule has 0 unspecified atom stereocenters. The number of alkyl halides is 3. The zero-order valence-electron chi connectivity index (χ0n) is 11.3. The van der Waals surface area contributed by atoms with Gasteiger partial charge in [-0.05, 0) is 24.6 Å². The Morgan fingerprint density at radius 1 is 1.33 bits per heavy atom. The standard InChI is InChI=1S/C13H14F3N3O2/c1-9-18-12(21-19-9)5-6-17-8-10-3-2-4-11(7-10)20-13(14,15)16/h2-4,7,17H,5-6,8H2,1H3. The molecule has 1 heterocycles. The molecule has 2 rings (SSSR count). The molecule has 21 heavy (non-hydrogen) atoms. The third-order valence-corrected chi connectivity index (χ3v) is 2.55. The predicted molar refractivity (Wildman–Crippen MR) is 67.6 cm³/mol. The topological polar surface area (TPSA) is 60.2 Å². The van der Waals surface area contributed by atoms with Crippen LogP contribution in [0.3, 0.4) is 0 Å². The lowest BCUT2D eigenvalue weighted by Crippen LogP contribution is -2.18. The number of benzene rings is 1. The monoisotopic (exact) mass is 301 g/mol. The van der Waals surface area contributed by atoms with E-state index >= 15 is 0 Å². The van der Waals surface area contributed by atoms with Gasteiger partial charge in [0.2, 0.25) is 5.89 Å². The molecule has 0 bridgehead atoms. The van der Waals surface area contributed by atoms with Crippen LogP contribution < -0.4 is 10.1 Å². The van der Waals surface area contributed by atoms with E-state index in [2.05, 4.69) is 20.2 Å². The Bertz CT molecular complexity index is 584. The smallest absolute Gasteiger partial charge is 0.406 e. The molecule has 114 valence electrons. The average molecular weight is 301 g/mol. The fourth-order valence-corrected chi connectivity index (χ4v) is 1.72. The van der Waals surface area contributed by atoms with Crippen molar-refractivity contribution in [3.05, 3.63) is 41.5 Å². The van der Waals surface area contributed by atoms with E-state index in [1.807, 2.05) is 0 Å². The molecule has 2 aromatic rings. The van der Waals surface area contributed by atoms with Gasteiger partial charge in [-0.3, -0.25) is 0 Å². The number of ether oxygens (including phenoxy) is 1. The van der Waals surface area contributed by atoms with Gasteiger partial charge in [-0.2, -0.15) is 4.98 Å². The van der Waals surface area contributed by atoms with Gasteiger partial charge in [0.15, 0.2) is 5.82 Å². The van der Waals surface area contributed by atoms with Crippen molar-refractivity contribution < 1.29 is 22.4 Å². The van der Waals surface area contributed by atoms with Crippen molar-refractivity contribution in [2.24, 2.45) is 0 Å². The highest BCUT2D eigenvalue weighted by molar-refractivity contribution is 5.28. The van der Waals surface area contributed by atoms with Crippen LogP contribution in [-0.2, 0) is 13.0 Å². The van der Waals surface area contributed by atoms with E-state index in [4.69, 9.17) is 4.52 Å². The van der Waals surface area contributed by atoms with Gasteiger partial charge in [0, 0.05) is 19.5 Å². The molecule has 5 nitrogen and oxygen atoms in total. The van der Waals surface area contributed by atoms with Gasteiger partial charge in [-0.15, -0.1) is 13.2 Å². The predicted octanol–water partition coefficient (Wildman–Crippen LogP) is 2.61. The molecule has 0 saturated heterocycles. The first kappa shape index (κ1) is 15.3. The van der Waals surface area contributed by atoms with Gasteiger partial charge >= 0.3 is 6.36 Å². The number of halogens is 3. The number of hydrogen-bond donors (Lipinski definition) is 1. The largest absolute Gasteiger partial charge is 0.573 e. The Morgan fingerprint density at radius 2 is 2.14 bits per heavy atom. The fraction of sp³-hybridized carbons (Fsp3) is 0.385. The molecule has 0 fully saturated rings. The molecule has 1 aromatic heterocycles. The lowest BCUT2D eigenvalue weighted by Gasteiger charge is -2.10. The van der Waals surface area contributed by atoms with Crippen molar-refractivity contribution >= 4 is 0 Å². The maximum Gasteiger partial charge on any atom is 0.573 e. The molecule has 0 aliphatic carbocycles. The second-order valence-corrected chi connectivity index (χ2v) is 4.36. The highest BCUT2D eigenvalue weighted by atomic mass is 19.4. The summed E-state index contributed by atoms with van der Waals surface area (Å²) >= 11 is 0. The van der Waals surface area contributed by atoms with E-state index in [-0.39, 0.29) is 5.75 Å². The van der Waals surface area contributed by atoms with Crippen molar-refractivity contribution in [3.63, 3.8) is 0 Å². The van der Waals surface area contributed by atoms with Gasteiger partial charge < -0.3 is 14.6 Å². The Morgan fingerprint density at radius 3 is 2.81 bits per heavy atom. The van der Waals surface area contributed by atoms with Gasteiger partial charge in [0.1, 0.15) is 5.75 Å². The first-order chi connectivity index (χ1) is 9.92. The Balaban J connectivity index is 1.79. The van der Waals surface area contributed by atoms with Crippen LogP contribution in [0.25, 0.3) is 0 Å². The van der Waals surface area contributed by atoms with Crippen LogP contribution in [0.4, 0.5) is 13.2 Å². The van der Waals surface area contributed by atoms with Gasteiger partial charge in [-0.1, -0.05) is 17.3 Å². The minimum absolute atomic E-state index is 0.227. The van der Waals surface area contributed by atoms with Crippen molar-refractivity contribution in [1.82, 2.24) is 15.5 Å². The number of nitrogens with zero attached hydrogens (tertiary/aromatic N) is 2. The van der Waals surface area contributed by atoms with E-state index < -0.39 is 6.36 Å². The number of rotatable bonds is 6. The SMILES string of the molecule is Cc1noc(CCNCc2cccc(OC(F)(F)F)c2)n1. The summed E-state index contributed by atoms with van der Waals surface area (Å²) < 4.78 is 45.1. The quantitative estimate of drug-likeness (QED) is 0.831. The van der Waals surface area contributed by atoms with Gasteiger partial charge in [0.05, 0.1) is 0 Å². The lowest BCUT2D eigenvalue weighted by atomic mass is 10.2. The Kier molecular flexibility index (Phi) is 4.79. The summed E-state index contributed by atoms with van der Waals surface area (Å²) in [5.41, 5.74) is 0.693. The van der Waals surface area contributed by atoms with Crippen molar-refractivity contribution in [2.75, 3.05) is 6.54 Å². The second-order valence-electron chi connectivity index (χ2n) is 4.36. The van der Waals surface area contributed by atoms with E-state index in [1.165, 1.54) is 18.2 Å². The zero-order valence-corrected chi connectivity index (χ0v) is 11.3. The molecule has 1 N–H and O–H groups in total. The summed E-state index contributed by atoms with van der Waals surface area (Å²) in [7, 11) is 0. The summed E-state index contributed by atoms with van der Waals surface area (Å²) in [6.45, 7) is 2.72. The molecule has 0 aliphatic heterocycles. The number of aryl methyl sites for hydroxylation is 1. The van der Waals surface area contributed by atoms with Gasteiger partial charge in [0.25, 0.3) is 0 Å². The molecule has 0 radical (unpaired) electrons. The first-order valence-electron chi connectivity index (χ1n) is 6.27. The number of nitrogens with one attached hydrogen (secondary N) is 1. The maximum atomic E-state index is 12.1. The van der Waals surface area contributed by atoms with Crippen LogP contribution in [0.1, 0.15) is 17.3 Å². The highest BCUT2D eigenvalue weighted by Gasteiger charge is 2.31. The molecule has 0 amide bonds. The summed E-state index contributed by atoms with van der Waals surface area (Å²) in [4.78, 5) is 4.05. The van der Waals surface area contributed by atoms with Crippen LogP contribution in [0, 0.1) is 6.92 Å². The minimum Gasteiger partial charge on any atom is -0.406 e. The average Bonchev–Trinajstić information content (AvgIpc) is 2.79. The van der Waals surface area contributed by atoms with Crippen molar-refractivity contribution in [1.29, 1.82) is 0 Å². The Hall–Kier alpha value is -2.09. The third-order valence-electron chi connectivity index (χ3n) is 2.55. The Labute approximate surface area is 119 Å². The third kappa shape index (κ3) is 5.42. The second kappa shape index (κ2) is 6.57. The lowest BCUT2D eigenvalue weighted by molar-refractivity contribution is -0.274. The van der Waals surface area contributed by atoms with Crippen LogP contribution in [0.2, 0.25) is 0 Å². The minimum atomic E-state index is -4.68. The van der Waals surface area contributed by atoms with Gasteiger partial charge in [-0.25, -0.2) is 0 Å². The highest BCUT2D eigenvalue weighted by Crippen LogP contribution is 2.23. The maximum absolute atomic E-state index is 12.1. The summed E-state index contributed by atoms with van der Waals surface area (Å²) in [5, 5.41) is 6.75. The van der Waals surface area contributed by atoms with Crippen LogP contribution in [0.5, 0.6) is 5.75 Å². The van der Waals surface area contributed by atoms with E-state index in [0.29, 0.717) is 36.8 Å². The molecule has 0 aliphatic rings. The van der Waals surface area contributed by atoms with Crippen LogP contribution in [-0.4, -0.2) is 23.0 Å². The van der Waals surface area contributed by atoms with Crippen LogP contribution >= 0.6 is 0 Å². The summed E-state index contributed by atoms with van der Waals surface area (Å²) in [5.74, 6) is 0.866. The summed E-state index contributed by atoms with van der Waals surface area (Å²) in [6.07, 6.45) is -4.12. The van der Waals surface area contributed by atoms with Crippen molar-refractivity contribution in [3.8, 4) is 5.75 Å². The number of hydrogen-bond acceptors (Lipinski definition) is 5. The molecule has 1 aromatic carbocycles. The molecule has 8 heteroatoms. The van der Waals surface area contributed by atoms with E-state index in [0.717, 1.165) is 0 Å². The molecule has 0 saturated carbocycles. The molecule has 0 spiro atoms. The van der Waals surface area contributed by atoms with Crippen LogP contribution in [0.15, 0.2) is 28.8 Å². The van der Waals surface area contributed by atoms with E-state index in [9.17, 15) is 13.2 Å². The molecule has 0 atom stereocenters. The summed E-state index contributed by atoms with van der Waals surface area (Å²) in [6, 6.07) is 5.84. The fourth-order valence-electron chi connectivity index (χ4n) is 1.72. The normalized spacial score (nSPS) is 11.6. The molecular formula is C13H14F3N3O2. The zero-order chi connectivity index (χ0) is 15.3. The van der Waals surface area contributed by atoms with Crippen molar-refractivity contribution in [2.45, 2.75) is 26.3 Å². The number of aromatic nitrogens is 2. The molecular weight excluding hydrogens is 287 g/mol. The first-order valence-corrected chi connectivity index (χ1v) is 6.27.